The number of azide groups is 1. The molecule has 0 spiro atoms. The molecule has 86 valence electrons. The van der Waals surface area contributed by atoms with Gasteiger partial charge in [-0.3, -0.25) is 5.10 Å². The summed E-state index contributed by atoms with van der Waals surface area (Å²) in [4.78, 5) is 10.5. The summed E-state index contributed by atoms with van der Waals surface area (Å²) in [6.07, 6.45) is 5.69. The zero-order chi connectivity index (χ0) is 12.1. The Hall–Kier alpha value is -2.11. The minimum Gasteiger partial charge on any atom is -0.276 e. The molecule has 0 aliphatic carbocycles. The van der Waals surface area contributed by atoms with E-state index in [1.807, 2.05) is 12.2 Å². The summed E-state index contributed by atoms with van der Waals surface area (Å²) in [5, 5.41) is 11.3. The highest BCUT2D eigenvalue weighted by atomic mass is 35.5. The van der Waals surface area contributed by atoms with E-state index in [1.165, 1.54) is 6.33 Å². The Morgan fingerprint density at radius 2 is 2.41 bits per heavy atom. The topological polar surface area (TPSA) is 103 Å². The first-order valence-electron chi connectivity index (χ1n) is 4.85. The van der Waals surface area contributed by atoms with Crippen LogP contribution in [0.25, 0.3) is 27.6 Å². The van der Waals surface area contributed by atoms with E-state index < -0.39 is 0 Å². The molecule has 0 radical (unpaired) electrons. The molecule has 0 atom stereocenters. The lowest BCUT2D eigenvalue weighted by Crippen LogP contribution is -1.81. The van der Waals surface area contributed by atoms with Gasteiger partial charge in [-0.2, -0.15) is 5.10 Å². The third kappa shape index (κ3) is 2.52. The van der Waals surface area contributed by atoms with Crippen molar-refractivity contribution in [1.29, 1.82) is 0 Å². The van der Waals surface area contributed by atoms with E-state index in [-0.39, 0.29) is 0 Å². The van der Waals surface area contributed by atoms with Crippen LogP contribution >= 0.6 is 11.6 Å². The second-order valence-electron chi connectivity index (χ2n) is 3.15. The van der Waals surface area contributed by atoms with Gasteiger partial charge < -0.3 is 0 Å². The van der Waals surface area contributed by atoms with Gasteiger partial charge in [-0.25, -0.2) is 9.97 Å². The van der Waals surface area contributed by atoms with Crippen LogP contribution in [-0.4, -0.2) is 26.7 Å². The molecule has 8 heteroatoms. The molecule has 0 saturated carbocycles. The van der Waals surface area contributed by atoms with E-state index in [4.69, 9.17) is 17.1 Å². The molecule has 2 aromatic rings. The number of nitrogens with zero attached hydrogens (tertiary/aromatic N) is 6. The van der Waals surface area contributed by atoms with Crippen LogP contribution in [-0.2, 0) is 0 Å². The fraction of sp³-hybridized carbons (Fsp3) is 0.222. The molecule has 2 heterocycles. The molecule has 0 bridgehead atoms. The molecule has 2 aromatic heterocycles. The van der Waals surface area contributed by atoms with Gasteiger partial charge in [0.15, 0.2) is 5.65 Å². The Balaban J connectivity index is 2.21. The molecule has 0 fully saturated rings. The second kappa shape index (κ2) is 5.29. The summed E-state index contributed by atoms with van der Waals surface area (Å²) < 4.78 is 0. The highest BCUT2D eigenvalue weighted by Gasteiger charge is 2.08. The van der Waals surface area contributed by atoms with E-state index in [0.717, 1.165) is 5.69 Å². The normalized spacial score (nSPS) is 10.9. The van der Waals surface area contributed by atoms with Crippen LogP contribution in [0.1, 0.15) is 12.1 Å². The fourth-order valence-electron chi connectivity index (χ4n) is 1.34. The minimum atomic E-state index is 0.360. The molecule has 7 nitrogen and oxygen atoms in total. The highest BCUT2D eigenvalue weighted by molar-refractivity contribution is 6.34. The number of aromatic amines is 1. The summed E-state index contributed by atoms with van der Waals surface area (Å²) in [6.45, 7) is 0.420. The Kier molecular flexibility index (Phi) is 3.54. The lowest BCUT2D eigenvalue weighted by atomic mass is 10.2. The number of halogens is 1. The summed E-state index contributed by atoms with van der Waals surface area (Å²) >= 11 is 5.95. The van der Waals surface area contributed by atoms with Gasteiger partial charge in [-0.15, -0.1) is 0 Å². The molecule has 0 aromatic carbocycles. The highest BCUT2D eigenvalue weighted by Crippen LogP contribution is 2.21. The number of hydrogen-bond acceptors (Lipinski definition) is 4. The lowest BCUT2D eigenvalue weighted by molar-refractivity contribution is 0.994. The van der Waals surface area contributed by atoms with Crippen molar-refractivity contribution in [2.24, 2.45) is 5.11 Å². The van der Waals surface area contributed by atoms with Crippen molar-refractivity contribution >= 4 is 28.7 Å². The maximum absolute atomic E-state index is 8.11. The van der Waals surface area contributed by atoms with Gasteiger partial charge in [0.25, 0.3) is 0 Å². The number of rotatable bonds is 4. The maximum Gasteiger partial charge on any atom is 0.186 e. The first-order valence-corrected chi connectivity index (χ1v) is 5.22. The van der Waals surface area contributed by atoms with Crippen molar-refractivity contribution in [1.82, 2.24) is 20.2 Å². The van der Waals surface area contributed by atoms with Gasteiger partial charge >= 0.3 is 0 Å². The van der Waals surface area contributed by atoms with Crippen LogP contribution in [0, 0.1) is 0 Å². The van der Waals surface area contributed by atoms with Gasteiger partial charge in [0.05, 0.1) is 11.1 Å². The average Bonchev–Trinajstić information content (AvgIpc) is 2.74. The van der Waals surface area contributed by atoms with Crippen molar-refractivity contribution in [2.75, 3.05) is 6.54 Å². The van der Waals surface area contributed by atoms with Crippen molar-refractivity contribution in [3.63, 3.8) is 0 Å². The van der Waals surface area contributed by atoms with Crippen molar-refractivity contribution < 1.29 is 0 Å². The van der Waals surface area contributed by atoms with Crippen molar-refractivity contribution in [3.8, 4) is 0 Å². The Morgan fingerprint density at radius 3 is 3.24 bits per heavy atom. The van der Waals surface area contributed by atoms with Crippen LogP contribution in [0.15, 0.2) is 17.5 Å². The van der Waals surface area contributed by atoms with Gasteiger partial charge in [-0.05, 0) is 18.0 Å². The van der Waals surface area contributed by atoms with E-state index >= 15 is 0 Å². The quantitative estimate of drug-likeness (QED) is 0.296. The lowest BCUT2D eigenvalue weighted by Gasteiger charge is -1.92. The Bertz CT molecular complexity index is 596. The van der Waals surface area contributed by atoms with Crippen LogP contribution in [0.4, 0.5) is 0 Å². The molecule has 1 N–H and O–H groups in total. The van der Waals surface area contributed by atoms with E-state index in [1.54, 1.807) is 0 Å². The summed E-state index contributed by atoms with van der Waals surface area (Å²) in [6, 6.07) is 0. The predicted molar refractivity (Wildman–Crippen MR) is 64.4 cm³/mol. The van der Waals surface area contributed by atoms with E-state index in [2.05, 4.69) is 30.2 Å². The van der Waals surface area contributed by atoms with Gasteiger partial charge in [-0.1, -0.05) is 22.8 Å². The first kappa shape index (κ1) is 11.4. The number of hydrogen-bond donors (Lipinski definition) is 1. The predicted octanol–water partition coefficient (Wildman–Crippen LogP) is 2.72. The SMILES string of the molecule is [N-]=[N+]=NCCC=Cc1[nH]nc2ncnc(Cl)c12. The standard InChI is InChI=1S/C9H8ClN7/c10-8-7-6(3-1-2-4-14-17-11)15-16-9(7)13-5-12-8/h1,3,5H,2,4H2,(H,12,13,15,16). The monoisotopic (exact) mass is 249 g/mol. The fourth-order valence-corrected chi connectivity index (χ4v) is 1.57. The molecule has 2 rings (SSSR count). The first-order chi connectivity index (χ1) is 8.33. The van der Waals surface area contributed by atoms with E-state index in [0.29, 0.717) is 29.2 Å². The van der Waals surface area contributed by atoms with Crippen LogP contribution in [0.2, 0.25) is 5.15 Å². The molecular weight excluding hydrogens is 242 g/mol. The number of nitrogens with one attached hydrogen (secondary N) is 1. The number of fused-ring (bicyclic) bond motifs is 1. The number of aromatic nitrogens is 4. The summed E-state index contributed by atoms with van der Waals surface area (Å²) in [5.41, 5.74) is 9.38. The smallest absolute Gasteiger partial charge is 0.186 e. The molecule has 0 saturated heterocycles. The second-order valence-corrected chi connectivity index (χ2v) is 3.50. The Morgan fingerprint density at radius 1 is 1.53 bits per heavy atom. The molecule has 0 aliphatic rings. The van der Waals surface area contributed by atoms with Crippen molar-refractivity contribution in [2.45, 2.75) is 6.42 Å². The zero-order valence-corrected chi connectivity index (χ0v) is 9.46. The molecular formula is C9H8ClN7. The molecule has 17 heavy (non-hydrogen) atoms. The van der Waals surface area contributed by atoms with Gasteiger partial charge in [0.1, 0.15) is 11.5 Å². The largest absolute Gasteiger partial charge is 0.276 e. The third-order valence-corrected chi connectivity index (χ3v) is 2.36. The average molecular weight is 250 g/mol. The minimum absolute atomic E-state index is 0.360. The van der Waals surface area contributed by atoms with Gasteiger partial charge in [0.2, 0.25) is 0 Å². The summed E-state index contributed by atoms with van der Waals surface area (Å²) in [5.74, 6) is 0. The van der Waals surface area contributed by atoms with E-state index in [9.17, 15) is 0 Å². The van der Waals surface area contributed by atoms with Gasteiger partial charge in [0, 0.05) is 11.5 Å². The molecule has 0 unspecified atom stereocenters. The van der Waals surface area contributed by atoms with Crippen molar-refractivity contribution in [3.05, 3.63) is 33.7 Å². The zero-order valence-electron chi connectivity index (χ0n) is 8.71. The van der Waals surface area contributed by atoms with Crippen LogP contribution < -0.4 is 0 Å². The molecule has 0 amide bonds. The molecule has 0 aliphatic heterocycles. The maximum atomic E-state index is 8.11. The summed E-state index contributed by atoms with van der Waals surface area (Å²) in [7, 11) is 0. The Labute approximate surface area is 101 Å². The van der Waals surface area contributed by atoms with Crippen LogP contribution in [0.3, 0.4) is 0 Å². The number of H-pyrrole nitrogens is 1. The van der Waals surface area contributed by atoms with Crippen LogP contribution in [0.5, 0.6) is 0 Å². The third-order valence-electron chi connectivity index (χ3n) is 2.08.